The van der Waals surface area contributed by atoms with Gasteiger partial charge in [-0.25, -0.2) is 0 Å². The summed E-state index contributed by atoms with van der Waals surface area (Å²) >= 11 is 11.3. The van der Waals surface area contributed by atoms with Gasteiger partial charge >= 0.3 is 6.61 Å². The van der Waals surface area contributed by atoms with Gasteiger partial charge in [-0.2, -0.15) is 8.78 Å². The fraction of sp³-hybridized carbons (Fsp3) is 0.188. The van der Waals surface area contributed by atoms with E-state index in [0.717, 1.165) is 16.8 Å². The average molecular weight is 357 g/mol. The number of ether oxygens (including phenoxy) is 1. The molecule has 3 nitrogen and oxygen atoms in total. The smallest absolute Gasteiger partial charge is 0.387 e. The van der Waals surface area contributed by atoms with Crippen LogP contribution in [0.5, 0.6) is 5.75 Å². The Labute approximate surface area is 143 Å². The molecule has 0 atom stereocenters. The number of alkyl halides is 2. The lowest BCUT2D eigenvalue weighted by atomic mass is 10.2. The maximum Gasteiger partial charge on any atom is 0.387 e. The van der Waals surface area contributed by atoms with Crippen LogP contribution in [0.2, 0.25) is 5.02 Å². The van der Waals surface area contributed by atoms with Crippen molar-refractivity contribution in [3.63, 3.8) is 0 Å². The third-order valence-electron chi connectivity index (χ3n) is 2.97. The van der Waals surface area contributed by atoms with Crippen molar-refractivity contribution in [2.24, 2.45) is 0 Å². The van der Waals surface area contributed by atoms with Crippen molar-refractivity contribution in [3.8, 4) is 5.75 Å². The summed E-state index contributed by atoms with van der Waals surface area (Å²) in [6, 6.07) is 12.0. The van der Waals surface area contributed by atoms with E-state index in [2.05, 4.69) is 15.4 Å². The van der Waals surface area contributed by atoms with E-state index in [1.54, 1.807) is 12.1 Å². The van der Waals surface area contributed by atoms with Crippen LogP contribution in [0.1, 0.15) is 11.1 Å². The highest BCUT2D eigenvalue weighted by atomic mass is 35.5. The standard InChI is InChI=1S/C16H15ClF2N2OS/c1-10-2-7-14(13(17)8-10)21-16(23)20-9-11-3-5-12(6-4-11)22-15(18)19/h2-8,15H,9H2,1H3,(H2,20,21,23). The Morgan fingerprint density at radius 2 is 1.91 bits per heavy atom. The van der Waals surface area contributed by atoms with Crippen molar-refractivity contribution in [3.05, 3.63) is 58.6 Å². The van der Waals surface area contributed by atoms with E-state index >= 15 is 0 Å². The lowest BCUT2D eigenvalue weighted by Gasteiger charge is -2.12. The fourth-order valence-electron chi connectivity index (χ4n) is 1.86. The molecule has 7 heteroatoms. The van der Waals surface area contributed by atoms with E-state index in [9.17, 15) is 8.78 Å². The van der Waals surface area contributed by atoms with Crippen LogP contribution in [0, 0.1) is 6.92 Å². The number of hydrogen-bond acceptors (Lipinski definition) is 2. The molecule has 0 spiro atoms. The van der Waals surface area contributed by atoms with E-state index in [0.29, 0.717) is 16.7 Å². The number of aryl methyl sites for hydroxylation is 1. The van der Waals surface area contributed by atoms with Crippen molar-refractivity contribution in [1.82, 2.24) is 5.32 Å². The van der Waals surface area contributed by atoms with Crippen LogP contribution in [-0.4, -0.2) is 11.7 Å². The van der Waals surface area contributed by atoms with Crippen LogP contribution in [0.3, 0.4) is 0 Å². The molecule has 0 aliphatic carbocycles. The van der Waals surface area contributed by atoms with Gasteiger partial charge in [0.2, 0.25) is 0 Å². The van der Waals surface area contributed by atoms with Gasteiger partial charge in [0, 0.05) is 6.54 Å². The minimum Gasteiger partial charge on any atom is -0.435 e. The van der Waals surface area contributed by atoms with E-state index in [1.807, 2.05) is 25.1 Å². The van der Waals surface area contributed by atoms with Crippen molar-refractivity contribution in [2.75, 3.05) is 5.32 Å². The second kappa shape index (κ2) is 8.08. The van der Waals surface area contributed by atoms with E-state index in [-0.39, 0.29) is 5.75 Å². The van der Waals surface area contributed by atoms with Gasteiger partial charge in [0.15, 0.2) is 5.11 Å². The molecular formula is C16H15ClF2N2OS. The van der Waals surface area contributed by atoms with Gasteiger partial charge in [-0.3, -0.25) is 0 Å². The van der Waals surface area contributed by atoms with Crippen molar-refractivity contribution in [2.45, 2.75) is 20.1 Å². The van der Waals surface area contributed by atoms with Crippen molar-refractivity contribution >= 4 is 34.6 Å². The second-order valence-electron chi connectivity index (χ2n) is 4.81. The summed E-state index contributed by atoms with van der Waals surface area (Å²) < 4.78 is 28.4. The number of anilines is 1. The van der Waals surface area contributed by atoms with Crippen LogP contribution < -0.4 is 15.4 Å². The molecule has 0 heterocycles. The largest absolute Gasteiger partial charge is 0.435 e. The number of nitrogens with one attached hydrogen (secondary N) is 2. The number of halogens is 3. The molecule has 0 aliphatic heterocycles. The zero-order valence-corrected chi connectivity index (χ0v) is 13.8. The van der Waals surface area contributed by atoms with E-state index in [4.69, 9.17) is 23.8 Å². The van der Waals surface area contributed by atoms with Gasteiger partial charge in [0.25, 0.3) is 0 Å². The molecule has 0 bridgehead atoms. The highest BCUT2D eigenvalue weighted by molar-refractivity contribution is 7.80. The Kier molecular flexibility index (Phi) is 6.12. The van der Waals surface area contributed by atoms with Crippen LogP contribution in [0.4, 0.5) is 14.5 Å². The van der Waals surface area contributed by atoms with Gasteiger partial charge in [0.05, 0.1) is 10.7 Å². The summed E-state index contributed by atoms with van der Waals surface area (Å²) in [5.41, 5.74) is 2.66. The molecule has 122 valence electrons. The van der Waals surface area contributed by atoms with Crippen LogP contribution in [0.15, 0.2) is 42.5 Å². The topological polar surface area (TPSA) is 33.3 Å². The first-order chi connectivity index (χ1) is 10.9. The number of thiocarbonyl (C=S) groups is 1. The Hall–Kier alpha value is -1.92. The summed E-state index contributed by atoms with van der Waals surface area (Å²) in [5.74, 6) is 0.121. The van der Waals surface area contributed by atoms with Gasteiger partial charge in [-0.15, -0.1) is 0 Å². The lowest BCUT2D eigenvalue weighted by molar-refractivity contribution is -0.0498. The molecule has 0 saturated heterocycles. The normalized spacial score (nSPS) is 10.5. The third-order valence-corrected chi connectivity index (χ3v) is 3.53. The number of rotatable bonds is 5. The highest BCUT2D eigenvalue weighted by Crippen LogP contribution is 2.22. The van der Waals surface area contributed by atoms with Crippen molar-refractivity contribution < 1.29 is 13.5 Å². The Balaban J connectivity index is 1.86. The zero-order chi connectivity index (χ0) is 16.8. The summed E-state index contributed by atoms with van der Waals surface area (Å²) in [6.45, 7) is -0.423. The minimum absolute atomic E-state index is 0.121. The predicted molar refractivity (Wildman–Crippen MR) is 92.3 cm³/mol. The first kappa shape index (κ1) is 17.4. The quantitative estimate of drug-likeness (QED) is 0.758. The Bertz CT molecular complexity index is 680. The van der Waals surface area contributed by atoms with Gasteiger partial charge in [0.1, 0.15) is 5.75 Å². The summed E-state index contributed by atoms with van der Waals surface area (Å²) in [7, 11) is 0. The maximum atomic E-state index is 12.1. The zero-order valence-electron chi connectivity index (χ0n) is 12.3. The Morgan fingerprint density at radius 1 is 1.22 bits per heavy atom. The monoisotopic (exact) mass is 356 g/mol. The molecular weight excluding hydrogens is 342 g/mol. The SMILES string of the molecule is Cc1ccc(NC(=S)NCc2ccc(OC(F)F)cc2)c(Cl)c1. The van der Waals surface area contributed by atoms with E-state index < -0.39 is 6.61 Å². The predicted octanol–water partition coefficient (Wildman–Crippen LogP) is 4.74. The molecule has 0 fully saturated rings. The van der Waals surface area contributed by atoms with Crippen LogP contribution in [-0.2, 0) is 6.54 Å². The molecule has 2 N–H and O–H groups in total. The average Bonchev–Trinajstić information content (AvgIpc) is 2.49. The van der Waals surface area contributed by atoms with Gasteiger partial charge < -0.3 is 15.4 Å². The Morgan fingerprint density at radius 3 is 2.52 bits per heavy atom. The van der Waals surface area contributed by atoms with Crippen LogP contribution >= 0.6 is 23.8 Å². The molecule has 2 aromatic rings. The lowest BCUT2D eigenvalue weighted by Crippen LogP contribution is -2.28. The molecule has 23 heavy (non-hydrogen) atoms. The minimum atomic E-state index is -2.82. The first-order valence-electron chi connectivity index (χ1n) is 6.79. The fourth-order valence-corrected chi connectivity index (χ4v) is 2.32. The summed E-state index contributed by atoms with van der Waals surface area (Å²) in [4.78, 5) is 0. The molecule has 0 aromatic heterocycles. The second-order valence-corrected chi connectivity index (χ2v) is 5.63. The van der Waals surface area contributed by atoms with Crippen LogP contribution in [0.25, 0.3) is 0 Å². The third kappa shape index (κ3) is 5.65. The molecule has 2 aromatic carbocycles. The highest BCUT2D eigenvalue weighted by Gasteiger charge is 2.05. The van der Waals surface area contributed by atoms with Gasteiger partial charge in [-0.1, -0.05) is 29.8 Å². The van der Waals surface area contributed by atoms with Crippen molar-refractivity contribution in [1.29, 1.82) is 0 Å². The summed E-state index contributed by atoms with van der Waals surface area (Å²) in [6.07, 6.45) is 0. The summed E-state index contributed by atoms with van der Waals surface area (Å²) in [5, 5.41) is 7.04. The maximum absolute atomic E-state index is 12.1. The molecule has 0 aliphatic rings. The number of hydrogen-bond donors (Lipinski definition) is 2. The van der Waals surface area contributed by atoms with E-state index in [1.165, 1.54) is 12.1 Å². The molecule has 2 rings (SSSR count). The molecule has 0 unspecified atom stereocenters. The number of benzene rings is 2. The van der Waals surface area contributed by atoms with Gasteiger partial charge in [-0.05, 0) is 54.5 Å². The molecule has 0 saturated carbocycles. The molecule has 0 radical (unpaired) electrons. The first-order valence-corrected chi connectivity index (χ1v) is 7.57. The molecule has 0 amide bonds.